The molecule has 3 aromatic rings. The number of nitrogens with zero attached hydrogens (tertiary/aromatic N) is 1. The summed E-state index contributed by atoms with van der Waals surface area (Å²) in [6, 6.07) is 23.8. The van der Waals surface area contributed by atoms with Crippen molar-refractivity contribution in [1.29, 1.82) is 0 Å². The Kier molecular flexibility index (Phi) is 12.6. The minimum absolute atomic E-state index is 0.00352. The molecule has 0 aliphatic carbocycles. The number of esters is 1. The molecular formula is C32H42N2O4. The van der Waals surface area contributed by atoms with E-state index >= 15 is 0 Å². The number of nitrogens with one attached hydrogen (secondary N) is 1. The van der Waals surface area contributed by atoms with Crippen LogP contribution in [-0.4, -0.2) is 50.1 Å². The van der Waals surface area contributed by atoms with Gasteiger partial charge in [-0.1, -0.05) is 92.4 Å². The van der Waals surface area contributed by atoms with Crippen molar-refractivity contribution in [1.82, 2.24) is 10.2 Å². The molecule has 1 unspecified atom stereocenters. The van der Waals surface area contributed by atoms with Gasteiger partial charge in [-0.3, -0.25) is 9.59 Å². The molecule has 1 N–H and O–H groups in total. The highest BCUT2D eigenvalue weighted by Crippen LogP contribution is 2.25. The van der Waals surface area contributed by atoms with E-state index in [9.17, 15) is 9.59 Å². The molecule has 0 fully saturated rings. The largest absolute Gasteiger partial charge is 0.493 e. The van der Waals surface area contributed by atoms with Crippen LogP contribution in [0.2, 0.25) is 0 Å². The van der Waals surface area contributed by atoms with E-state index in [1.165, 1.54) is 5.39 Å². The summed E-state index contributed by atoms with van der Waals surface area (Å²) in [6.07, 6.45) is 6.90. The van der Waals surface area contributed by atoms with Gasteiger partial charge in [0.15, 0.2) is 0 Å². The number of ether oxygens (including phenoxy) is 2. The van der Waals surface area contributed by atoms with Crippen molar-refractivity contribution in [3.8, 4) is 5.75 Å². The van der Waals surface area contributed by atoms with Gasteiger partial charge >= 0.3 is 5.97 Å². The average Bonchev–Trinajstić information content (AvgIpc) is 2.91. The van der Waals surface area contributed by atoms with Gasteiger partial charge in [-0.05, 0) is 44.0 Å². The maximum Gasteiger partial charge on any atom is 0.308 e. The third kappa shape index (κ3) is 10.9. The molecule has 0 heterocycles. The van der Waals surface area contributed by atoms with Gasteiger partial charge in [0.1, 0.15) is 12.4 Å². The summed E-state index contributed by atoms with van der Waals surface area (Å²) in [6.45, 7) is 1.56. The molecule has 1 atom stereocenters. The smallest absolute Gasteiger partial charge is 0.308 e. The fourth-order valence-corrected chi connectivity index (χ4v) is 4.50. The summed E-state index contributed by atoms with van der Waals surface area (Å²) in [7, 11) is 3.86. The number of hydrogen-bond donors (Lipinski definition) is 1. The van der Waals surface area contributed by atoms with E-state index in [1.807, 2.05) is 73.6 Å². The summed E-state index contributed by atoms with van der Waals surface area (Å²) < 4.78 is 11.4. The predicted octanol–water partition coefficient (Wildman–Crippen LogP) is 6.13. The van der Waals surface area contributed by atoms with Crippen molar-refractivity contribution in [2.45, 2.75) is 64.0 Å². The first-order valence-electron chi connectivity index (χ1n) is 13.8. The molecule has 6 nitrogen and oxygen atoms in total. The van der Waals surface area contributed by atoms with Gasteiger partial charge in [0.2, 0.25) is 5.91 Å². The first-order chi connectivity index (χ1) is 18.5. The number of fused-ring (bicyclic) bond motifs is 1. The Morgan fingerprint density at radius 1 is 0.816 bits per heavy atom. The van der Waals surface area contributed by atoms with Crippen molar-refractivity contribution in [2.24, 2.45) is 0 Å². The van der Waals surface area contributed by atoms with E-state index in [-0.39, 0.29) is 30.9 Å². The zero-order chi connectivity index (χ0) is 27.0. The number of amides is 1. The minimum Gasteiger partial charge on any atom is -0.493 e. The number of rotatable bonds is 17. The monoisotopic (exact) mass is 518 g/mol. The van der Waals surface area contributed by atoms with E-state index in [1.54, 1.807) is 0 Å². The van der Waals surface area contributed by atoms with Crippen LogP contribution in [0.3, 0.4) is 0 Å². The van der Waals surface area contributed by atoms with Crippen LogP contribution in [0, 0.1) is 0 Å². The summed E-state index contributed by atoms with van der Waals surface area (Å²) >= 11 is 0. The maximum atomic E-state index is 12.5. The first kappa shape index (κ1) is 29.2. The second-order valence-electron chi connectivity index (χ2n) is 10.1. The van der Waals surface area contributed by atoms with Crippen molar-refractivity contribution in [2.75, 3.05) is 27.2 Å². The number of carbonyl (C=O) groups is 2. The van der Waals surface area contributed by atoms with E-state index in [2.05, 4.69) is 23.5 Å². The molecule has 38 heavy (non-hydrogen) atoms. The van der Waals surface area contributed by atoms with E-state index in [4.69, 9.17) is 9.47 Å². The highest BCUT2D eigenvalue weighted by Gasteiger charge is 2.18. The number of benzene rings is 3. The number of carbonyl (C=O) groups excluding carboxylic acids is 2. The zero-order valence-electron chi connectivity index (χ0n) is 22.9. The van der Waals surface area contributed by atoms with E-state index in [0.29, 0.717) is 13.0 Å². The lowest BCUT2D eigenvalue weighted by Crippen LogP contribution is -2.43. The molecule has 3 rings (SSSR count). The lowest BCUT2D eigenvalue weighted by Gasteiger charge is -2.22. The second kappa shape index (κ2) is 16.5. The van der Waals surface area contributed by atoms with Gasteiger partial charge in [-0.15, -0.1) is 0 Å². The normalized spacial score (nSPS) is 11.9. The standard InChI is InChI=1S/C32H42N2O4/c1-34(2)24-28(23-32(36)38-25-26-15-8-7-9-16-26)33-31(35)21-10-5-3-4-6-13-22-37-30-20-14-18-27-17-11-12-19-29(27)30/h7-9,11-12,14-20,28H,3-6,10,13,21-25H2,1-2H3,(H,33,35). The lowest BCUT2D eigenvalue weighted by atomic mass is 10.1. The highest BCUT2D eigenvalue weighted by molar-refractivity contribution is 5.88. The molecule has 0 bridgehead atoms. The highest BCUT2D eigenvalue weighted by atomic mass is 16.5. The molecule has 0 radical (unpaired) electrons. The minimum atomic E-state index is -0.301. The molecule has 0 saturated heterocycles. The Morgan fingerprint density at radius 3 is 2.29 bits per heavy atom. The summed E-state index contributed by atoms with van der Waals surface area (Å²) in [5.74, 6) is 0.646. The molecule has 6 heteroatoms. The van der Waals surface area contributed by atoms with Gasteiger partial charge in [-0.2, -0.15) is 0 Å². The SMILES string of the molecule is CN(C)CC(CC(=O)OCc1ccccc1)NC(=O)CCCCCCCCOc1cccc2ccccc12. The Bertz CT molecular complexity index is 1110. The predicted molar refractivity (Wildman–Crippen MR) is 153 cm³/mol. The fraction of sp³-hybridized carbons (Fsp3) is 0.438. The fourth-order valence-electron chi connectivity index (χ4n) is 4.50. The van der Waals surface area contributed by atoms with Gasteiger partial charge in [0.05, 0.1) is 19.1 Å². The Labute approximate surface area is 227 Å². The van der Waals surface area contributed by atoms with Crippen molar-refractivity contribution >= 4 is 22.6 Å². The topological polar surface area (TPSA) is 67.9 Å². The van der Waals surface area contributed by atoms with E-state index < -0.39 is 0 Å². The molecule has 204 valence electrons. The molecule has 3 aromatic carbocycles. The molecule has 0 spiro atoms. The Morgan fingerprint density at radius 2 is 1.50 bits per heavy atom. The van der Waals surface area contributed by atoms with Gasteiger partial charge in [-0.25, -0.2) is 0 Å². The van der Waals surface area contributed by atoms with Crippen molar-refractivity contribution in [3.63, 3.8) is 0 Å². The summed E-state index contributed by atoms with van der Waals surface area (Å²) in [5, 5.41) is 5.38. The lowest BCUT2D eigenvalue weighted by molar-refractivity contribution is -0.145. The summed E-state index contributed by atoms with van der Waals surface area (Å²) in [5.41, 5.74) is 0.950. The molecule has 1 amide bonds. The molecule has 0 saturated carbocycles. The van der Waals surface area contributed by atoms with Crippen molar-refractivity contribution in [3.05, 3.63) is 78.4 Å². The molecule has 0 aliphatic rings. The third-order valence-electron chi connectivity index (χ3n) is 6.41. The van der Waals surface area contributed by atoms with Crippen LogP contribution in [0.1, 0.15) is 56.9 Å². The van der Waals surface area contributed by atoms with E-state index in [0.717, 1.165) is 61.8 Å². The number of hydrogen-bond acceptors (Lipinski definition) is 5. The quantitative estimate of drug-likeness (QED) is 0.172. The Balaban J connectivity index is 1.25. The number of likely N-dealkylation sites (N-methyl/N-ethyl adjacent to an activating group) is 1. The average molecular weight is 519 g/mol. The van der Waals surface area contributed by atoms with Crippen LogP contribution in [0.4, 0.5) is 0 Å². The number of unbranched alkanes of at least 4 members (excludes halogenated alkanes) is 5. The second-order valence-corrected chi connectivity index (χ2v) is 10.1. The van der Waals surface area contributed by atoms with Crippen LogP contribution >= 0.6 is 0 Å². The van der Waals surface area contributed by atoms with Crippen LogP contribution in [0.25, 0.3) is 10.8 Å². The van der Waals surface area contributed by atoms with Crippen LogP contribution in [0.5, 0.6) is 5.75 Å². The van der Waals surface area contributed by atoms with Gasteiger partial charge in [0.25, 0.3) is 0 Å². The van der Waals surface area contributed by atoms with Gasteiger partial charge < -0.3 is 19.7 Å². The summed E-state index contributed by atoms with van der Waals surface area (Å²) in [4.78, 5) is 26.8. The first-order valence-corrected chi connectivity index (χ1v) is 13.8. The molecule has 0 aliphatic heterocycles. The van der Waals surface area contributed by atoms with Crippen molar-refractivity contribution < 1.29 is 19.1 Å². The Hall–Kier alpha value is -3.38. The van der Waals surface area contributed by atoms with Gasteiger partial charge in [0, 0.05) is 18.4 Å². The maximum absolute atomic E-state index is 12.5. The molecular weight excluding hydrogens is 476 g/mol. The zero-order valence-corrected chi connectivity index (χ0v) is 22.9. The van der Waals surface area contributed by atoms with Crippen LogP contribution in [0.15, 0.2) is 72.8 Å². The van der Waals surface area contributed by atoms with Crippen LogP contribution < -0.4 is 10.1 Å². The molecule has 0 aromatic heterocycles. The third-order valence-corrected chi connectivity index (χ3v) is 6.41. The van der Waals surface area contributed by atoms with Crippen LogP contribution in [-0.2, 0) is 20.9 Å².